The maximum absolute atomic E-state index is 4.71. The maximum atomic E-state index is 4.71. The molecule has 1 saturated carbocycles. The largest absolute Gasteiger partial charge is 0.355 e. The molecule has 0 radical (unpaired) electrons. The van der Waals surface area contributed by atoms with Crippen molar-refractivity contribution < 1.29 is 0 Å². The highest BCUT2D eigenvalue weighted by Crippen LogP contribution is 2.35. The van der Waals surface area contributed by atoms with Crippen LogP contribution in [0.1, 0.15) is 37.4 Å². The standard InChI is InChI=1S/C18H21N5S/c1-2-14(16-19-6-8-23(16)10-13-3-4-13)11-22(7-1)17-15-5-9-24-18(15)21-12-20-17/h5-6,8-9,12-14H,1-4,7,10-11H2/t14-/m0/s1. The molecule has 0 aromatic carbocycles. The Morgan fingerprint density at radius 3 is 3.04 bits per heavy atom. The Balaban J connectivity index is 1.42. The second-order valence-electron chi connectivity index (χ2n) is 7.00. The van der Waals surface area contributed by atoms with Gasteiger partial charge in [-0.3, -0.25) is 0 Å². The molecule has 1 atom stereocenters. The Hall–Kier alpha value is -1.95. The van der Waals surface area contributed by atoms with Crippen molar-refractivity contribution in [3.63, 3.8) is 0 Å². The lowest BCUT2D eigenvalue weighted by Gasteiger charge is -2.33. The van der Waals surface area contributed by atoms with Gasteiger partial charge in [-0.15, -0.1) is 11.3 Å². The third-order valence-corrected chi connectivity index (χ3v) is 6.05. The zero-order valence-corrected chi connectivity index (χ0v) is 14.5. The van der Waals surface area contributed by atoms with Crippen LogP contribution in [0.2, 0.25) is 0 Å². The minimum Gasteiger partial charge on any atom is -0.355 e. The lowest BCUT2D eigenvalue weighted by molar-refractivity contribution is 0.462. The third kappa shape index (κ3) is 2.59. The number of hydrogen-bond donors (Lipinski definition) is 0. The van der Waals surface area contributed by atoms with Crippen molar-refractivity contribution in [1.82, 2.24) is 19.5 Å². The molecule has 3 aromatic heterocycles. The Kier molecular flexibility index (Phi) is 3.51. The minimum atomic E-state index is 0.496. The van der Waals surface area contributed by atoms with E-state index in [-0.39, 0.29) is 0 Å². The van der Waals surface area contributed by atoms with E-state index in [1.54, 1.807) is 17.7 Å². The molecule has 5 rings (SSSR count). The highest BCUT2D eigenvalue weighted by atomic mass is 32.1. The van der Waals surface area contributed by atoms with Gasteiger partial charge in [-0.1, -0.05) is 0 Å². The fraction of sp³-hybridized carbons (Fsp3) is 0.500. The molecule has 0 spiro atoms. The normalized spacial score (nSPS) is 21.5. The van der Waals surface area contributed by atoms with Crippen LogP contribution in [0.4, 0.5) is 5.82 Å². The van der Waals surface area contributed by atoms with E-state index in [1.807, 2.05) is 6.20 Å². The van der Waals surface area contributed by atoms with Crippen LogP contribution >= 0.6 is 11.3 Å². The first-order chi connectivity index (χ1) is 11.9. The highest BCUT2D eigenvalue weighted by Gasteiger charge is 2.28. The molecule has 0 bridgehead atoms. The second kappa shape index (κ2) is 5.84. The zero-order chi connectivity index (χ0) is 15.9. The van der Waals surface area contributed by atoms with E-state index in [1.165, 1.54) is 36.9 Å². The molecule has 24 heavy (non-hydrogen) atoms. The summed E-state index contributed by atoms with van der Waals surface area (Å²) in [4.78, 5) is 17.2. The first-order valence-electron chi connectivity index (χ1n) is 8.82. The first kappa shape index (κ1) is 14.4. The van der Waals surface area contributed by atoms with Crippen molar-refractivity contribution in [2.75, 3.05) is 18.0 Å². The van der Waals surface area contributed by atoms with Crippen molar-refractivity contribution in [2.24, 2.45) is 5.92 Å². The SMILES string of the molecule is c1cn(CC2CC2)c([C@H]2CCCN(c3ncnc4sccc34)C2)n1. The first-order valence-corrected chi connectivity index (χ1v) is 9.70. The van der Waals surface area contributed by atoms with Crippen molar-refractivity contribution in [3.05, 3.63) is 36.0 Å². The van der Waals surface area contributed by atoms with Gasteiger partial charge in [0.15, 0.2) is 0 Å². The quantitative estimate of drug-likeness (QED) is 0.727. The van der Waals surface area contributed by atoms with E-state index in [0.717, 1.165) is 36.2 Å². The summed E-state index contributed by atoms with van der Waals surface area (Å²) in [6.07, 6.45) is 11.0. The predicted molar refractivity (Wildman–Crippen MR) is 96.6 cm³/mol. The topological polar surface area (TPSA) is 46.8 Å². The number of anilines is 1. The Bertz CT molecular complexity index is 850. The minimum absolute atomic E-state index is 0.496. The van der Waals surface area contributed by atoms with E-state index < -0.39 is 0 Å². The summed E-state index contributed by atoms with van der Waals surface area (Å²) in [5.74, 6) is 3.73. The second-order valence-corrected chi connectivity index (χ2v) is 7.90. The summed E-state index contributed by atoms with van der Waals surface area (Å²) in [7, 11) is 0. The van der Waals surface area contributed by atoms with Crippen LogP contribution in [0.3, 0.4) is 0 Å². The Morgan fingerprint density at radius 1 is 1.17 bits per heavy atom. The molecule has 3 aromatic rings. The molecule has 124 valence electrons. The van der Waals surface area contributed by atoms with Crippen molar-refractivity contribution in [3.8, 4) is 0 Å². The molecule has 1 saturated heterocycles. The number of piperidine rings is 1. The molecule has 6 heteroatoms. The molecule has 5 nitrogen and oxygen atoms in total. The average molecular weight is 339 g/mol. The van der Waals surface area contributed by atoms with Gasteiger partial charge in [0, 0.05) is 37.9 Å². The van der Waals surface area contributed by atoms with Gasteiger partial charge in [0.25, 0.3) is 0 Å². The van der Waals surface area contributed by atoms with Crippen LogP contribution in [-0.4, -0.2) is 32.6 Å². The van der Waals surface area contributed by atoms with Gasteiger partial charge in [-0.25, -0.2) is 15.0 Å². The van der Waals surface area contributed by atoms with Crippen molar-refractivity contribution in [1.29, 1.82) is 0 Å². The number of nitrogens with zero attached hydrogens (tertiary/aromatic N) is 5. The summed E-state index contributed by atoms with van der Waals surface area (Å²) in [5.41, 5.74) is 0. The fourth-order valence-electron chi connectivity index (χ4n) is 3.82. The summed E-state index contributed by atoms with van der Waals surface area (Å²) in [6.45, 7) is 3.22. The number of fused-ring (bicyclic) bond motifs is 1. The van der Waals surface area contributed by atoms with E-state index >= 15 is 0 Å². The number of rotatable bonds is 4. The molecule has 2 aliphatic rings. The predicted octanol–water partition coefficient (Wildman–Crippen LogP) is 3.68. The lowest BCUT2D eigenvalue weighted by atomic mass is 9.97. The van der Waals surface area contributed by atoms with Crippen LogP contribution in [-0.2, 0) is 6.54 Å². The molecule has 0 unspecified atom stereocenters. The van der Waals surface area contributed by atoms with E-state index in [9.17, 15) is 0 Å². The summed E-state index contributed by atoms with van der Waals surface area (Å²) in [6, 6.07) is 2.15. The van der Waals surface area contributed by atoms with Gasteiger partial charge in [-0.05, 0) is 43.0 Å². The van der Waals surface area contributed by atoms with Gasteiger partial charge >= 0.3 is 0 Å². The third-order valence-electron chi connectivity index (χ3n) is 5.23. The van der Waals surface area contributed by atoms with Crippen molar-refractivity contribution in [2.45, 2.75) is 38.1 Å². The summed E-state index contributed by atoms with van der Waals surface area (Å²) in [5, 5.41) is 3.29. The summed E-state index contributed by atoms with van der Waals surface area (Å²) >= 11 is 1.69. The molecule has 2 fully saturated rings. The number of hydrogen-bond acceptors (Lipinski definition) is 5. The number of thiophene rings is 1. The number of aromatic nitrogens is 4. The van der Waals surface area contributed by atoms with Crippen LogP contribution in [0.15, 0.2) is 30.2 Å². The lowest BCUT2D eigenvalue weighted by Crippen LogP contribution is -2.36. The monoisotopic (exact) mass is 339 g/mol. The van der Waals surface area contributed by atoms with Crippen LogP contribution in [0.5, 0.6) is 0 Å². The van der Waals surface area contributed by atoms with E-state index in [4.69, 9.17) is 4.98 Å². The maximum Gasteiger partial charge on any atom is 0.140 e. The molecular formula is C18H21N5S. The van der Waals surface area contributed by atoms with Gasteiger partial charge in [-0.2, -0.15) is 0 Å². The molecule has 1 aliphatic carbocycles. The van der Waals surface area contributed by atoms with Crippen molar-refractivity contribution >= 4 is 27.4 Å². The molecule has 0 amide bonds. The van der Waals surface area contributed by atoms with Gasteiger partial charge in [0.1, 0.15) is 22.8 Å². The smallest absolute Gasteiger partial charge is 0.140 e. The molecule has 1 aliphatic heterocycles. The number of imidazole rings is 1. The van der Waals surface area contributed by atoms with Crippen LogP contribution in [0, 0.1) is 5.92 Å². The van der Waals surface area contributed by atoms with E-state index in [2.05, 4.69) is 37.1 Å². The van der Waals surface area contributed by atoms with Gasteiger partial charge in [0.2, 0.25) is 0 Å². The fourth-order valence-corrected chi connectivity index (χ4v) is 4.55. The average Bonchev–Trinajstić information content (AvgIpc) is 3.10. The molecular weight excluding hydrogens is 318 g/mol. The zero-order valence-electron chi connectivity index (χ0n) is 13.6. The van der Waals surface area contributed by atoms with Gasteiger partial charge in [0.05, 0.1) is 5.39 Å². The van der Waals surface area contributed by atoms with Crippen LogP contribution in [0.25, 0.3) is 10.2 Å². The molecule has 0 N–H and O–H groups in total. The molecule has 4 heterocycles. The Labute approximate surface area is 145 Å². The summed E-state index contributed by atoms with van der Waals surface area (Å²) < 4.78 is 2.39. The Morgan fingerprint density at radius 2 is 2.12 bits per heavy atom. The van der Waals surface area contributed by atoms with Crippen LogP contribution < -0.4 is 4.90 Å². The highest BCUT2D eigenvalue weighted by molar-refractivity contribution is 7.16. The van der Waals surface area contributed by atoms with Gasteiger partial charge < -0.3 is 9.47 Å². The van der Waals surface area contributed by atoms with E-state index in [0.29, 0.717) is 5.92 Å².